The average molecular weight is 224 g/mol. The first-order valence-corrected chi connectivity index (χ1v) is 6.32. The molecule has 16 heavy (non-hydrogen) atoms. The van der Waals surface area contributed by atoms with Gasteiger partial charge in [0.15, 0.2) is 0 Å². The third-order valence-electron chi connectivity index (χ3n) is 3.70. The Morgan fingerprint density at radius 3 is 2.25 bits per heavy atom. The van der Waals surface area contributed by atoms with Gasteiger partial charge >= 0.3 is 0 Å². The Labute approximate surface area is 98.7 Å². The summed E-state index contributed by atoms with van der Waals surface area (Å²) in [7, 11) is 0. The highest BCUT2D eigenvalue weighted by Gasteiger charge is 2.44. The van der Waals surface area contributed by atoms with E-state index in [9.17, 15) is 4.79 Å². The highest BCUT2D eigenvalue weighted by atomic mass is 16.2. The van der Waals surface area contributed by atoms with Crippen molar-refractivity contribution in [3.63, 3.8) is 0 Å². The molecule has 2 N–H and O–H groups in total. The lowest BCUT2D eigenvalue weighted by Crippen LogP contribution is -2.52. The SMILES string of the molecule is C=CC(=O)N1CCC2(CC1)CC(N)C2.CC. The van der Waals surface area contributed by atoms with Crippen LogP contribution in [-0.4, -0.2) is 29.9 Å². The van der Waals surface area contributed by atoms with Crippen molar-refractivity contribution in [3.8, 4) is 0 Å². The molecule has 1 saturated carbocycles. The number of carbonyl (C=O) groups is 1. The molecule has 1 amide bonds. The van der Waals surface area contributed by atoms with Crippen molar-refractivity contribution in [2.75, 3.05) is 13.1 Å². The van der Waals surface area contributed by atoms with Crippen LogP contribution in [0.5, 0.6) is 0 Å². The van der Waals surface area contributed by atoms with E-state index in [1.807, 2.05) is 18.7 Å². The molecule has 0 bridgehead atoms. The van der Waals surface area contributed by atoms with Crippen molar-refractivity contribution in [1.29, 1.82) is 0 Å². The summed E-state index contributed by atoms with van der Waals surface area (Å²) < 4.78 is 0. The van der Waals surface area contributed by atoms with Crippen LogP contribution in [0, 0.1) is 5.41 Å². The van der Waals surface area contributed by atoms with Crippen LogP contribution in [0.3, 0.4) is 0 Å². The van der Waals surface area contributed by atoms with E-state index >= 15 is 0 Å². The summed E-state index contributed by atoms with van der Waals surface area (Å²) in [6.45, 7) is 9.28. The number of nitrogens with two attached hydrogens (primary N) is 1. The van der Waals surface area contributed by atoms with Crippen molar-refractivity contribution in [2.24, 2.45) is 11.1 Å². The molecule has 0 aromatic heterocycles. The van der Waals surface area contributed by atoms with Gasteiger partial charge in [-0.2, -0.15) is 0 Å². The quantitative estimate of drug-likeness (QED) is 0.692. The van der Waals surface area contributed by atoms with E-state index < -0.39 is 0 Å². The van der Waals surface area contributed by atoms with Crippen LogP contribution in [0.4, 0.5) is 0 Å². The van der Waals surface area contributed by atoms with Gasteiger partial charge in [0, 0.05) is 19.1 Å². The lowest BCUT2D eigenvalue weighted by atomic mass is 9.61. The number of nitrogens with zero attached hydrogens (tertiary/aromatic N) is 1. The molecule has 2 fully saturated rings. The van der Waals surface area contributed by atoms with Gasteiger partial charge in [0.05, 0.1) is 0 Å². The number of hydrogen-bond acceptors (Lipinski definition) is 2. The third kappa shape index (κ3) is 2.64. The molecule has 2 rings (SSSR count). The van der Waals surface area contributed by atoms with Crippen molar-refractivity contribution in [2.45, 2.75) is 45.6 Å². The van der Waals surface area contributed by atoms with Crippen LogP contribution in [0.1, 0.15) is 39.5 Å². The Hall–Kier alpha value is -0.830. The molecule has 0 aromatic carbocycles. The standard InChI is InChI=1S/C11H18N2O.C2H6/c1-2-10(14)13-5-3-11(4-6-13)7-9(12)8-11;1-2/h2,9H,1,3-8,12H2;1-2H3. The van der Waals surface area contributed by atoms with Gasteiger partial charge in [-0.05, 0) is 37.2 Å². The second-order valence-corrected chi connectivity index (χ2v) is 4.70. The molecule has 2 aliphatic rings. The highest BCUT2D eigenvalue weighted by Crippen LogP contribution is 2.48. The fourth-order valence-corrected chi connectivity index (χ4v) is 2.79. The van der Waals surface area contributed by atoms with Crippen molar-refractivity contribution in [3.05, 3.63) is 12.7 Å². The molecule has 0 unspecified atom stereocenters. The maximum atomic E-state index is 11.3. The number of amides is 1. The molecule has 1 heterocycles. The van der Waals surface area contributed by atoms with Crippen molar-refractivity contribution >= 4 is 5.91 Å². The van der Waals surface area contributed by atoms with Crippen LogP contribution < -0.4 is 5.73 Å². The second kappa shape index (κ2) is 5.48. The van der Waals surface area contributed by atoms with E-state index in [0.29, 0.717) is 11.5 Å². The summed E-state index contributed by atoms with van der Waals surface area (Å²) >= 11 is 0. The fraction of sp³-hybridized carbons (Fsp3) is 0.769. The van der Waals surface area contributed by atoms with Crippen LogP contribution in [-0.2, 0) is 4.79 Å². The van der Waals surface area contributed by atoms with Crippen LogP contribution in [0.25, 0.3) is 0 Å². The molecule has 0 radical (unpaired) electrons. The molecular weight excluding hydrogens is 200 g/mol. The van der Waals surface area contributed by atoms with Crippen LogP contribution >= 0.6 is 0 Å². The minimum Gasteiger partial charge on any atom is -0.339 e. The summed E-state index contributed by atoms with van der Waals surface area (Å²) in [6, 6.07) is 0.414. The Bertz CT molecular complexity index is 247. The Kier molecular flexibility index (Phi) is 4.54. The first-order valence-electron chi connectivity index (χ1n) is 6.32. The number of hydrogen-bond donors (Lipinski definition) is 1. The Morgan fingerprint density at radius 1 is 1.38 bits per heavy atom. The number of carbonyl (C=O) groups excluding carboxylic acids is 1. The molecule has 0 atom stereocenters. The summed E-state index contributed by atoms with van der Waals surface area (Å²) in [4.78, 5) is 13.2. The molecule has 3 heteroatoms. The summed E-state index contributed by atoms with van der Waals surface area (Å²) in [5.74, 6) is 0.0727. The monoisotopic (exact) mass is 224 g/mol. The van der Waals surface area contributed by atoms with Crippen LogP contribution in [0.15, 0.2) is 12.7 Å². The number of rotatable bonds is 1. The first kappa shape index (κ1) is 13.2. The lowest BCUT2D eigenvalue weighted by molar-refractivity contribution is -0.129. The molecule has 92 valence electrons. The zero-order chi connectivity index (χ0) is 12.2. The minimum atomic E-state index is 0.0727. The average Bonchev–Trinajstić information content (AvgIpc) is 2.30. The highest BCUT2D eigenvalue weighted by molar-refractivity contribution is 5.87. The summed E-state index contributed by atoms with van der Waals surface area (Å²) in [5, 5.41) is 0. The normalized spacial score (nSPS) is 23.1. The number of piperidine rings is 1. The predicted octanol–water partition coefficient (Wildman–Crippen LogP) is 1.93. The van der Waals surface area contributed by atoms with Gasteiger partial charge in [-0.1, -0.05) is 20.4 Å². The largest absolute Gasteiger partial charge is 0.339 e. The van der Waals surface area contributed by atoms with Gasteiger partial charge in [0.2, 0.25) is 5.91 Å². The fourth-order valence-electron chi connectivity index (χ4n) is 2.79. The molecule has 3 nitrogen and oxygen atoms in total. The van der Waals surface area contributed by atoms with Gasteiger partial charge in [-0.15, -0.1) is 0 Å². The first-order chi connectivity index (χ1) is 7.65. The van der Waals surface area contributed by atoms with Gasteiger partial charge in [-0.3, -0.25) is 4.79 Å². The zero-order valence-electron chi connectivity index (χ0n) is 10.5. The predicted molar refractivity (Wildman–Crippen MR) is 67.0 cm³/mol. The number of likely N-dealkylation sites (tertiary alicyclic amines) is 1. The molecule has 1 aliphatic heterocycles. The van der Waals surface area contributed by atoms with E-state index in [2.05, 4.69) is 6.58 Å². The molecule has 1 saturated heterocycles. The molecule has 0 aromatic rings. The van der Waals surface area contributed by atoms with Gasteiger partial charge in [-0.25, -0.2) is 0 Å². The van der Waals surface area contributed by atoms with Crippen molar-refractivity contribution < 1.29 is 4.79 Å². The van der Waals surface area contributed by atoms with Crippen LogP contribution in [0.2, 0.25) is 0 Å². The third-order valence-corrected chi connectivity index (χ3v) is 3.70. The molecular formula is C13H24N2O. The maximum Gasteiger partial charge on any atom is 0.245 e. The van der Waals surface area contributed by atoms with E-state index in [1.54, 1.807) is 0 Å². The maximum absolute atomic E-state index is 11.3. The summed E-state index contributed by atoms with van der Waals surface area (Å²) in [6.07, 6.45) is 5.97. The second-order valence-electron chi connectivity index (χ2n) is 4.70. The lowest BCUT2D eigenvalue weighted by Gasteiger charge is -2.51. The summed E-state index contributed by atoms with van der Waals surface area (Å²) in [5.41, 5.74) is 6.29. The minimum absolute atomic E-state index is 0.0727. The van der Waals surface area contributed by atoms with E-state index in [1.165, 1.54) is 6.08 Å². The van der Waals surface area contributed by atoms with E-state index in [-0.39, 0.29) is 5.91 Å². The molecule has 1 spiro atoms. The molecule has 1 aliphatic carbocycles. The van der Waals surface area contributed by atoms with E-state index in [4.69, 9.17) is 5.73 Å². The Balaban J connectivity index is 0.000000606. The Morgan fingerprint density at radius 2 is 1.88 bits per heavy atom. The smallest absolute Gasteiger partial charge is 0.245 e. The van der Waals surface area contributed by atoms with Gasteiger partial charge < -0.3 is 10.6 Å². The van der Waals surface area contributed by atoms with Crippen molar-refractivity contribution in [1.82, 2.24) is 4.90 Å². The zero-order valence-corrected chi connectivity index (χ0v) is 10.5. The topological polar surface area (TPSA) is 46.3 Å². The van der Waals surface area contributed by atoms with Gasteiger partial charge in [0.1, 0.15) is 0 Å². The van der Waals surface area contributed by atoms with E-state index in [0.717, 1.165) is 38.8 Å². The van der Waals surface area contributed by atoms with Gasteiger partial charge in [0.25, 0.3) is 0 Å².